The number of aromatic nitrogens is 1. The Kier molecular flexibility index (Phi) is 1.65. The molecular weight excluding hydrogens is 220 g/mol. The molecule has 2 rings (SSSR count). The van der Waals surface area contributed by atoms with Crippen molar-refractivity contribution >= 4 is 27.7 Å². The second-order valence-corrected chi connectivity index (χ2v) is 3.68. The number of hydrogen-bond donors (Lipinski definition) is 0. The van der Waals surface area contributed by atoms with Crippen molar-refractivity contribution in [3.05, 3.63) is 22.3 Å². The molecule has 3 nitrogen and oxygen atoms in total. The number of halogens is 1. The van der Waals surface area contributed by atoms with Crippen LogP contribution in [0.2, 0.25) is 0 Å². The van der Waals surface area contributed by atoms with Gasteiger partial charge in [0.25, 0.3) is 0 Å². The molecule has 0 bridgehead atoms. The highest BCUT2D eigenvalue weighted by molar-refractivity contribution is 9.10. The van der Waals surface area contributed by atoms with Gasteiger partial charge in [-0.15, -0.1) is 0 Å². The Labute approximate surface area is 78.5 Å². The standard InChI is InChI=1S/C8H7BrN2O/c1-11-7(12)3-5-2-6(9)4-10-8(5)11/h2,4H,3H2,1H3. The Balaban J connectivity index is 2.54. The van der Waals surface area contributed by atoms with E-state index in [9.17, 15) is 4.79 Å². The lowest BCUT2D eigenvalue weighted by molar-refractivity contribution is -0.117. The van der Waals surface area contributed by atoms with Crippen LogP contribution in [0.15, 0.2) is 16.7 Å². The average Bonchev–Trinajstić information content (AvgIpc) is 2.28. The van der Waals surface area contributed by atoms with Crippen LogP contribution in [0.25, 0.3) is 0 Å². The molecule has 1 aromatic rings. The number of nitrogens with zero attached hydrogens (tertiary/aromatic N) is 2. The van der Waals surface area contributed by atoms with Gasteiger partial charge in [0.2, 0.25) is 5.91 Å². The van der Waals surface area contributed by atoms with E-state index in [0.29, 0.717) is 6.42 Å². The van der Waals surface area contributed by atoms with Gasteiger partial charge in [0.1, 0.15) is 5.82 Å². The molecule has 0 saturated carbocycles. The molecule has 2 heterocycles. The molecule has 12 heavy (non-hydrogen) atoms. The molecule has 1 aliphatic rings. The number of pyridine rings is 1. The van der Waals surface area contributed by atoms with Gasteiger partial charge in [-0.1, -0.05) is 0 Å². The van der Waals surface area contributed by atoms with Crippen LogP contribution in [0, 0.1) is 0 Å². The molecular formula is C8H7BrN2O. The van der Waals surface area contributed by atoms with Gasteiger partial charge in [-0.2, -0.15) is 0 Å². The summed E-state index contributed by atoms with van der Waals surface area (Å²) in [6, 6.07) is 1.93. The molecule has 62 valence electrons. The third-order valence-electron chi connectivity index (χ3n) is 1.94. The van der Waals surface area contributed by atoms with Crippen LogP contribution in [-0.4, -0.2) is 17.9 Å². The van der Waals surface area contributed by atoms with Crippen LogP contribution in [0.1, 0.15) is 5.56 Å². The van der Waals surface area contributed by atoms with E-state index in [1.807, 2.05) is 6.07 Å². The summed E-state index contributed by atoms with van der Waals surface area (Å²) in [5.74, 6) is 0.888. The molecule has 0 atom stereocenters. The highest BCUT2D eigenvalue weighted by atomic mass is 79.9. The average molecular weight is 227 g/mol. The first-order chi connectivity index (χ1) is 5.68. The predicted octanol–water partition coefficient (Wildman–Crippen LogP) is 1.36. The van der Waals surface area contributed by atoms with Crippen molar-refractivity contribution < 1.29 is 4.79 Å². The zero-order valence-electron chi connectivity index (χ0n) is 6.54. The number of likely N-dealkylation sites (N-methyl/N-ethyl adjacent to an activating group) is 1. The smallest absolute Gasteiger partial charge is 0.232 e. The lowest BCUT2D eigenvalue weighted by Gasteiger charge is -2.07. The fraction of sp³-hybridized carbons (Fsp3) is 0.250. The number of amides is 1. The Morgan fingerprint density at radius 2 is 2.42 bits per heavy atom. The Hall–Kier alpha value is -0.900. The summed E-state index contributed by atoms with van der Waals surface area (Å²) in [6.07, 6.45) is 2.17. The van der Waals surface area contributed by atoms with Gasteiger partial charge in [0, 0.05) is 23.3 Å². The van der Waals surface area contributed by atoms with Gasteiger partial charge in [-0.3, -0.25) is 9.69 Å². The normalized spacial score (nSPS) is 15.2. The van der Waals surface area contributed by atoms with E-state index in [-0.39, 0.29) is 5.91 Å². The molecule has 1 aliphatic heterocycles. The maximum Gasteiger partial charge on any atom is 0.232 e. The van der Waals surface area contributed by atoms with Crippen LogP contribution < -0.4 is 4.90 Å². The van der Waals surface area contributed by atoms with Crippen molar-refractivity contribution in [1.82, 2.24) is 4.98 Å². The number of anilines is 1. The monoisotopic (exact) mass is 226 g/mol. The number of rotatable bonds is 0. The highest BCUT2D eigenvalue weighted by Gasteiger charge is 2.24. The molecule has 0 unspecified atom stereocenters. The van der Waals surface area contributed by atoms with E-state index >= 15 is 0 Å². The van der Waals surface area contributed by atoms with Gasteiger partial charge in [0.05, 0.1) is 6.42 Å². The number of fused-ring (bicyclic) bond motifs is 1. The van der Waals surface area contributed by atoms with Crippen LogP contribution in [0.3, 0.4) is 0 Å². The van der Waals surface area contributed by atoms with Crippen LogP contribution in [-0.2, 0) is 11.2 Å². The second-order valence-electron chi connectivity index (χ2n) is 2.77. The summed E-state index contributed by atoms with van der Waals surface area (Å²) >= 11 is 3.31. The summed E-state index contributed by atoms with van der Waals surface area (Å²) in [6.45, 7) is 0. The van der Waals surface area contributed by atoms with Crippen molar-refractivity contribution in [2.45, 2.75) is 6.42 Å². The molecule has 1 aromatic heterocycles. The largest absolute Gasteiger partial charge is 0.299 e. The molecule has 4 heteroatoms. The molecule has 0 aromatic carbocycles. The summed E-state index contributed by atoms with van der Waals surface area (Å²) < 4.78 is 0.921. The number of carbonyl (C=O) groups is 1. The maximum absolute atomic E-state index is 11.2. The van der Waals surface area contributed by atoms with Gasteiger partial charge in [0.15, 0.2) is 0 Å². The van der Waals surface area contributed by atoms with E-state index in [0.717, 1.165) is 15.9 Å². The minimum atomic E-state index is 0.107. The SMILES string of the molecule is CN1C(=O)Cc2cc(Br)cnc21. The second kappa shape index (κ2) is 2.55. The molecule has 0 saturated heterocycles. The Morgan fingerprint density at radius 3 is 3.17 bits per heavy atom. The number of carbonyl (C=O) groups excluding carboxylic acids is 1. The molecule has 0 N–H and O–H groups in total. The van der Waals surface area contributed by atoms with Crippen molar-refractivity contribution in [3.63, 3.8) is 0 Å². The lowest BCUT2D eigenvalue weighted by Crippen LogP contribution is -2.21. The van der Waals surface area contributed by atoms with E-state index < -0.39 is 0 Å². The third kappa shape index (κ3) is 1.03. The Bertz CT molecular complexity index is 351. The molecule has 0 radical (unpaired) electrons. The topological polar surface area (TPSA) is 33.2 Å². The van der Waals surface area contributed by atoms with Crippen LogP contribution in [0.5, 0.6) is 0 Å². The van der Waals surface area contributed by atoms with E-state index in [1.54, 1.807) is 18.1 Å². The molecule has 1 amide bonds. The van der Waals surface area contributed by atoms with Crippen molar-refractivity contribution in [2.75, 3.05) is 11.9 Å². The Morgan fingerprint density at radius 1 is 1.67 bits per heavy atom. The minimum Gasteiger partial charge on any atom is -0.299 e. The zero-order chi connectivity index (χ0) is 8.72. The fourth-order valence-electron chi connectivity index (χ4n) is 1.31. The predicted molar refractivity (Wildman–Crippen MR) is 49.1 cm³/mol. The highest BCUT2D eigenvalue weighted by Crippen LogP contribution is 2.26. The fourth-order valence-corrected chi connectivity index (χ4v) is 1.68. The van der Waals surface area contributed by atoms with E-state index in [4.69, 9.17) is 0 Å². The van der Waals surface area contributed by atoms with E-state index in [2.05, 4.69) is 20.9 Å². The first-order valence-electron chi connectivity index (χ1n) is 3.59. The van der Waals surface area contributed by atoms with E-state index in [1.165, 1.54) is 0 Å². The first-order valence-corrected chi connectivity index (χ1v) is 4.39. The maximum atomic E-state index is 11.2. The number of hydrogen-bond acceptors (Lipinski definition) is 2. The zero-order valence-corrected chi connectivity index (χ0v) is 8.13. The van der Waals surface area contributed by atoms with Crippen molar-refractivity contribution in [1.29, 1.82) is 0 Å². The van der Waals surface area contributed by atoms with Crippen LogP contribution in [0.4, 0.5) is 5.82 Å². The summed E-state index contributed by atoms with van der Waals surface area (Å²) in [7, 11) is 1.75. The third-order valence-corrected chi connectivity index (χ3v) is 2.38. The van der Waals surface area contributed by atoms with Gasteiger partial charge in [-0.05, 0) is 22.0 Å². The molecule has 0 spiro atoms. The van der Waals surface area contributed by atoms with Crippen molar-refractivity contribution in [2.24, 2.45) is 0 Å². The summed E-state index contributed by atoms with van der Waals surface area (Å²) in [4.78, 5) is 16.9. The quantitative estimate of drug-likeness (QED) is 0.670. The van der Waals surface area contributed by atoms with Crippen molar-refractivity contribution in [3.8, 4) is 0 Å². The summed E-state index contributed by atoms with van der Waals surface area (Å²) in [5.41, 5.74) is 0.997. The molecule has 0 aliphatic carbocycles. The summed E-state index contributed by atoms with van der Waals surface area (Å²) in [5, 5.41) is 0. The first kappa shape index (κ1) is 7.73. The lowest BCUT2D eigenvalue weighted by atomic mass is 10.2. The molecule has 0 fully saturated rings. The van der Waals surface area contributed by atoms with Gasteiger partial charge < -0.3 is 0 Å². The van der Waals surface area contributed by atoms with Crippen LogP contribution >= 0.6 is 15.9 Å². The minimum absolute atomic E-state index is 0.107. The van der Waals surface area contributed by atoms with Gasteiger partial charge in [-0.25, -0.2) is 4.98 Å². The van der Waals surface area contributed by atoms with Gasteiger partial charge >= 0.3 is 0 Å².